The molecule has 3 aromatic carbocycles. The number of sulfonamides is 1. The van der Waals surface area contributed by atoms with Crippen molar-refractivity contribution in [3.8, 4) is 5.75 Å². The largest absolute Gasteiger partial charge is 0.508 e. The Kier molecular flexibility index (Phi) is 5.99. The predicted octanol–water partition coefficient (Wildman–Crippen LogP) is 5.17. The van der Waals surface area contributed by atoms with Gasteiger partial charge in [0.2, 0.25) is 0 Å². The molecule has 5 nitrogen and oxygen atoms in total. The summed E-state index contributed by atoms with van der Waals surface area (Å²) < 4.78 is 28.1. The van der Waals surface area contributed by atoms with Crippen LogP contribution in [0.1, 0.15) is 46.8 Å². The van der Waals surface area contributed by atoms with Gasteiger partial charge in [-0.15, -0.1) is 0 Å². The van der Waals surface area contributed by atoms with Crippen molar-refractivity contribution in [1.82, 2.24) is 0 Å². The van der Waals surface area contributed by atoms with E-state index in [0.717, 1.165) is 9.87 Å². The molecule has 0 bridgehead atoms. The lowest BCUT2D eigenvalue weighted by atomic mass is 9.99. The topological polar surface area (TPSA) is 74.7 Å². The normalized spacial score (nSPS) is 11.5. The average Bonchev–Trinajstić information content (AvgIpc) is 2.70. The van der Waals surface area contributed by atoms with Crippen LogP contribution in [0, 0.1) is 13.8 Å². The van der Waals surface area contributed by atoms with Crippen molar-refractivity contribution in [2.75, 3.05) is 4.31 Å². The smallest absolute Gasteiger partial charge is 0.272 e. The fourth-order valence-electron chi connectivity index (χ4n) is 3.24. The Morgan fingerprint density at radius 2 is 1.53 bits per heavy atom. The summed E-state index contributed by atoms with van der Waals surface area (Å²) in [6, 6.07) is 17.8. The minimum atomic E-state index is -4.19. The molecule has 156 valence electrons. The van der Waals surface area contributed by atoms with Crippen LogP contribution in [0.15, 0.2) is 71.6 Å². The molecule has 3 aromatic rings. The SMILES string of the molecule is Cc1ccc(S(=O)(=O)N(C(=O)c2ccccc2)c2cc(C(C)C)c(O)cc2C)cc1. The number of hydrogen-bond acceptors (Lipinski definition) is 4. The Morgan fingerprint density at radius 3 is 2.10 bits per heavy atom. The van der Waals surface area contributed by atoms with Gasteiger partial charge in [0.25, 0.3) is 15.9 Å². The van der Waals surface area contributed by atoms with Gasteiger partial charge in [0.05, 0.1) is 10.6 Å². The van der Waals surface area contributed by atoms with E-state index in [1.165, 1.54) is 18.2 Å². The molecule has 0 spiro atoms. The maximum absolute atomic E-state index is 13.6. The number of phenols is 1. The second kappa shape index (κ2) is 8.32. The number of phenolic OH excluding ortho intramolecular Hbond substituents is 1. The molecule has 0 saturated carbocycles. The molecule has 0 unspecified atom stereocenters. The molecular weight excluding hydrogens is 398 g/mol. The lowest BCUT2D eigenvalue weighted by Gasteiger charge is -2.26. The molecule has 1 amide bonds. The number of aryl methyl sites for hydroxylation is 2. The zero-order valence-corrected chi connectivity index (χ0v) is 18.3. The van der Waals surface area contributed by atoms with E-state index in [-0.39, 0.29) is 27.8 Å². The highest BCUT2D eigenvalue weighted by atomic mass is 32.2. The standard InChI is InChI=1S/C24H25NO4S/c1-16(2)21-15-22(18(4)14-23(21)26)25(24(27)19-8-6-5-7-9-19)30(28,29)20-12-10-17(3)11-13-20/h5-16,26H,1-4H3. The van der Waals surface area contributed by atoms with Gasteiger partial charge in [-0.1, -0.05) is 49.7 Å². The Morgan fingerprint density at radius 1 is 0.933 bits per heavy atom. The molecule has 0 aliphatic carbocycles. The highest BCUT2D eigenvalue weighted by Crippen LogP contribution is 2.36. The summed E-state index contributed by atoms with van der Waals surface area (Å²) in [5.74, 6) is -0.633. The summed E-state index contributed by atoms with van der Waals surface area (Å²) in [6.07, 6.45) is 0. The van der Waals surface area contributed by atoms with Crippen LogP contribution in [0.3, 0.4) is 0 Å². The van der Waals surface area contributed by atoms with Gasteiger partial charge < -0.3 is 5.11 Å². The fraction of sp³-hybridized carbons (Fsp3) is 0.208. The van der Waals surface area contributed by atoms with Crippen LogP contribution in [0.4, 0.5) is 5.69 Å². The first-order chi connectivity index (χ1) is 14.1. The molecule has 0 heterocycles. The number of benzene rings is 3. The quantitative estimate of drug-likeness (QED) is 0.614. The molecule has 0 saturated heterocycles. The lowest BCUT2D eigenvalue weighted by Crippen LogP contribution is -2.37. The third-order valence-electron chi connectivity index (χ3n) is 4.95. The molecule has 3 rings (SSSR count). The fourth-order valence-corrected chi connectivity index (χ4v) is 4.71. The van der Waals surface area contributed by atoms with Gasteiger partial charge in [0, 0.05) is 5.56 Å². The number of hydrogen-bond donors (Lipinski definition) is 1. The predicted molar refractivity (Wildman–Crippen MR) is 119 cm³/mol. The molecule has 0 aliphatic rings. The number of aromatic hydroxyl groups is 1. The van der Waals surface area contributed by atoms with E-state index < -0.39 is 15.9 Å². The van der Waals surface area contributed by atoms with Crippen molar-refractivity contribution in [2.45, 2.75) is 38.5 Å². The summed E-state index contributed by atoms with van der Waals surface area (Å²) in [7, 11) is -4.19. The minimum absolute atomic E-state index is 0.0240. The van der Waals surface area contributed by atoms with E-state index in [2.05, 4.69) is 0 Å². The van der Waals surface area contributed by atoms with Gasteiger partial charge in [-0.25, -0.2) is 8.42 Å². The van der Waals surface area contributed by atoms with Crippen LogP contribution < -0.4 is 4.31 Å². The van der Waals surface area contributed by atoms with Gasteiger partial charge in [-0.2, -0.15) is 4.31 Å². The number of nitrogens with zero attached hydrogens (tertiary/aromatic N) is 1. The first-order valence-electron chi connectivity index (χ1n) is 9.68. The number of amides is 1. The molecule has 0 atom stereocenters. The Hall–Kier alpha value is -3.12. The Bertz CT molecular complexity index is 1170. The van der Waals surface area contributed by atoms with Gasteiger partial charge >= 0.3 is 0 Å². The zero-order chi connectivity index (χ0) is 22.1. The van der Waals surface area contributed by atoms with Gasteiger partial charge in [0.15, 0.2) is 0 Å². The molecule has 0 aliphatic heterocycles. The highest BCUT2D eigenvalue weighted by molar-refractivity contribution is 7.93. The van der Waals surface area contributed by atoms with Crippen LogP contribution in [0.2, 0.25) is 0 Å². The van der Waals surface area contributed by atoms with Gasteiger partial charge in [-0.05, 0) is 67.3 Å². The molecule has 0 aromatic heterocycles. The van der Waals surface area contributed by atoms with Crippen LogP contribution >= 0.6 is 0 Å². The van der Waals surface area contributed by atoms with Gasteiger partial charge in [0.1, 0.15) is 5.75 Å². The van der Waals surface area contributed by atoms with Crippen LogP contribution in [-0.4, -0.2) is 19.4 Å². The van der Waals surface area contributed by atoms with Crippen molar-refractivity contribution in [1.29, 1.82) is 0 Å². The van der Waals surface area contributed by atoms with E-state index in [4.69, 9.17) is 0 Å². The van der Waals surface area contributed by atoms with E-state index in [1.54, 1.807) is 55.5 Å². The monoisotopic (exact) mass is 423 g/mol. The number of anilines is 1. The Labute approximate surface area is 177 Å². The third-order valence-corrected chi connectivity index (χ3v) is 6.66. The summed E-state index contributed by atoms with van der Waals surface area (Å²) in [4.78, 5) is 13.5. The summed E-state index contributed by atoms with van der Waals surface area (Å²) in [5, 5.41) is 10.3. The Balaban J connectivity index is 2.27. The van der Waals surface area contributed by atoms with E-state index in [9.17, 15) is 18.3 Å². The van der Waals surface area contributed by atoms with Crippen molar-refractivity contribution >= 4 is 21.6 Å². The second-order valence-corrected chi connectivity index (χ2v) is 9.39. The van der Waals surface area contributed by atoms with Crippen LogP contribution in [-0.2, 0) is 10.0 Å². The van der Waals surface area contributed by atoms with Crippen molar-refractivity contribution in [3.63, 3.8) is 0 Å². The number of carbonyl (C=O) groups is 1. The lowest BCUT2D eigenvalue weighted by molar-refractivity contribution is 0.100. The molecule has 6 heteroatoms. The molecular formula is C24H25NO4S. The first kappa shape index (κ1) is 21.6. The second-order valence-electron chi connectivity index (χ2n) is 7.61. The maximum atomic E-state index is 13.6. The molecule has 30 heavy (non-hydrogen) atoms. The molecule has 0 radical (unpaired) electrons. The zero-order valence-electron chi connectivity index (χ0n) is 17.5. The van der Waals surface area contributed by atoms with Gasteiger partial charge in [-0.3, -0.25) is 4.79 Å². The van der Waals surface area contributed by atoms with E-state index in [1.807, 2.05) is 20.8 Å². The molecule has 1 N–H and O–H groups in total. The van der Waals surface area contributed by atoms with Crippen molar-refractivity contribution in [3.05, 3.63) is 89.0 Å². The summed E-state index contributed by atoms with van der Waals surface area (Å²) in [5.41, 5.74) is 2.45. The summed E-state index contributed by atoms with van der Waals surface area (Å²) in [6.45, 7) is 7.33. The maximum Gasteiger partial charge on any atom is 0.272 e. The highest BCUT2D eigenvalue weighted by Gasteiger charge is 2.33. The number of carbonyl (C=O) groups excluding carboxylic acids is 1. The van der Waals surface area contributed by atoms with Crippen molar-refractivity contribution in [2.24, 2.45) is 0 Å². The van der Waals surface area contributed by atoms with Crippen LogP contribution in [0.25, 0.3) is 0 Å². The van der Waals surface area contributed by atoms with E-state index >= 15 is 0 Å². The van der Waals surface area contributed by atoms with Crippen LogP contribution in [0.5, 0.6) is 5.75 Å². The molecule has 0 fully saturated rings. The van der Waals surface area contributed by atoms with E-state index in [0.29, 0.717) is 11.1 Å². The summed E-state index contributed by atoms with van der Waals surface area (Å²) >= 11 is 0. The third kappa shape index (κ3) is 4.09. The average molecular weight is 424 g/mol. The minimum Gasteiger partial charge on any atom is -0.508 e. The number of rotatable bonds is 5. The van der Waals surface area contributed by atoms with Crippen molar-refractivity contribution < 1.29 is 18.3 Å². The first-order valence-corrected chi connectivity index (χ1v) is 11.1.